The monoisotopic (exact) mass is 430 g/mol. The van der Waals surface area contributed by atoms with Crippen molar-refractivity contribution in [3.05, 3.63) is 48.2 Å². The standard InChI is InChI=1S/C21H26N4O4S/c1-4-24(5-2)30(28,29)18-11-9-17(10-12-18)25-14-16(13-20(25)26)21(27)23-19-8-6-7-15(3)22-19/h6-12,16H,4-5,13-14H2,1-3H3,(H,22,23,27)/t16-/m1/s1. The minimum Gasteiger partial charge on any atom is -0.312 e. The Morgan fingerprint density at radius 2 is 1.83 bits per heavy atom. The lowest BCUT2D eigenvalue weighted by Gasteiger charge is -2.20. The lowest BCUT2D eigenvalue weighted by atomic mass is 10.1. The molecule has 0 aliphatic carbocycles. The fraction of sp³-hybridized carbons (Fsp3) is 0.381. The van der Waals surface area contributed by atoms with E-state index in [-0.39, 0.29) is 29.7 Å². The Morgan fingerprint density at radius 3 is 2.43 bits per heavy atom. The number of hydrogen-bond donors (Lipinski definition) is 1. The average Bonchev–Trinajstić information content (AvgIpc) is 3.11. The molecule has 3 rings (SSSR count). The molecule has 0 bridgehead atoms. The highest BCUT2D eigenvalue weighted by molar-refractivity contribution is 7.89. The zero-order valence-electron chi connectivity index (χ0n) is 17.3. The van der Waals surface area contributed by atoms with Crippen LogP contribution in [-0.2, 0) is 19.6 Å². The molecule has 1 aromatic carbocycles. The summed E-state index contributed by atoms with van der Waals surface area (Å²) in [6.45, 7) is 6.42. The van der Waals surface area contributed by atoms with Crippen LogP contribution in [0.5, 0.6) is 0 Å². The molecule has 1 atom stereocenters. The zero-order chi connectivity index (χ0) is 21.9. The molecule has 1 N–H and O–H groups in total. The van der Waals surface area contributed by atoms with Gasteiger partial charge in [0.25, 0.3) is 0 Å². The maximum Gasteiger partial charge on any atom is 0.243 e. The van der Waals surface area contributed by atoms with Gasteiger partial charge < -0.3 is 10.2 Å². The Labute approximate surface area is 177 Å². The van der Waals surface area contributed by atoms with Crippen LogP contribution < -0.4 is 10.2 Å². The summed E-state index contributed by atoms with van der Waals surface area (Å²) in [5.41, 5.74) is 1.36. The molecule has 0 saturated carbocycles. The van der Waals surface area contributed by atoms with Gasteiger partial charge in [0, 0.05) is 37.4 Å². The Bertz CT molecular complexity index is 1030. The van der Waals surface area contributed by atoms with Crippen molar-refractivity contribution < 1.29 is 18.0 Å². The molecular weight excluding hydrogens is 404 g/mol. The second-order valence-corrected chi connectivity index (χ2v) is 9.08. The van der Waals surface area contributed by atoms with Crippen molar-refractivity contribution in [1.29, 1.82) is 0 Å². The van der Waals surface area contributed by atoms with Gasteiger partial charge in [-0.25, -0.2) is 13.4 Å². The van der Waals surface area contributed by atoms with E-state index in [1.165, 1.54) is 21.3 Å². The van der Waals surface area contributed by atoms with Crippen LogP contribution in [0.4, 0.5) is 11.5 Å². The summed E-state index contributed by atoms with van der Waals surface area (Å²) in [6.07, 6.45) is 0.0944. The fourth-order valence-corrected chi connectivity index (χ4v) is 4.94. The molecule has 2 amide bonds. The average molecular weight is 431 g/mol. The zero-order valence-corrected chi connectivity index (χ0v) is 18.1. The van der Waals surface area contributed by atoms with Crippen LogP contribution in [0.15, 0.2) is 47.4 Å². The van der Waals surface area contributed by atoms with Crippen LogP contribution in [-0.4, -0.2) is 49.2 Å². The lowest BCUT2D eigenvalue weighted by Crippen LogP contribution is -2.31. The summed E-state index contributed by atoms with van der Waals surface area (Å²) in [5.74, 6) is -0.480. The quantitative estimate of drug-likeness (QED) is 0.727. The lowest BCUT2D eigenvalue weighted by molar-refractivity contribution is -0.122. The maximum absolute atomic E-state index is 12.6. The first kappa shape index (κ1) is 21.9. The molecule has 1 fully saturated rings. The van der Waals surface area contributed by atoms with E-state index in [2.05, 4.69) is 10.3 Å². The molecule has 9 heteroatoms. The smallest absolute Gasteiger partial charge is 0.243 e. The van der Waals surface area contributed by atoms with Gasteiger partial charge in [-0.05, 0) is 43.3 Å². The fourth-order valence-electron chi connectivity index (χ4n) is 3.48. The van der Waals surface area contributed by atoms with Gasteiger partial charge in [-0.3, -0.25) is 9.59 Å². The number of benzene rings is 1. The minimum atomic E-state index is -3.56. The molecule has 2 heterocycles. The Hall–Kier alpha value is -2.78. The van der Waals surface area contributed by atoms with E-state index < -0.39 is 15.9 Å². The number of aromatic nitrogens is 1. The van der Waals surface area contributed by atoms with Crippen LogP contribution in [0.25, 0.3) is 0 Å². The molecular formula is C21H26N4O4S. The van der Waals surface area contributed by atoms with E-state index in [1.807, 2.05) is 13.0 Å². The highest BCUT2D eigenvalue weighted by atomic mass is 32.2. The van der Waals surface area contributed by atoms with Crippen LogP contribution >= 0.6 is 0 Å². The third-order valence-corrected chi connectivity index (χ3v) is 7.19. The number of rotatable bonds is 7. The first-order chi connectivity index (χ1) is 14.3. The summed E-state index contributed by atoms with van der Waals surface area (Å²) in [6, 6.07) is 11.6. The van der Waals surface area contributed by atoms with Crippen molar-refractivity contribution in [2.24, 2.45) is 5.92 Å². The predicted octanol–water partition coefficient (Wildman–Crippen LogP) is 2.41. The molecule has 160 valence electrons. The molecule has 1 aromatic heterocycles. The van der Waals surface area contributed by atoms with Gasteiger partial charge >= 0.3 is 0 Å². The van der Waals surface area contributed by atoms with Crippen molar-refractivity contribution >= 4 is 33.3 Å². The van der Waals surface area contributed by atoms with Crippen LogP contribution in [0, 0.1) is 12.8 Å². The van der Waals surface area contributed by atoms with Crippen LogP contribution in [0.2, 0.25) is 0 Å². The number of carbonyl (C=O) groups is 2. The molecule has 0 unspecified atom stereocenters. The van der Waals surface area contributed by atoms with Gasteiger partial charge in [-0.15, -0.1) is 0 Å². The highest BCUT2D eigenvalue weighted by Gasteiger charge is 2.35. The Morgan fingerprint density at radius 1 is 1.17 bits per heavy atom. The summed E-state index contributed by atoms with van der Waals surface area (Å²) < 4.78 is 26.6. The third-order valence-electron chi connectivity index (χ3n) is 5.13. The summed E-state index contributed by atoms with van der Waals surface area (Å²) in [7, 11) is -3.56. The molecule has 2 aromatic rings. The molecule has 8 nitrogen and oxygen atoms in total. The third kappa shape index (κ3) is 4.52. The van der Waals surface area contributed by atoms with Crippen molar-refractivity contribution in [1.82, 2.24) is 9.29 Å². The second-order valence-electron chi connectivity index (χ2n) is 7.14. The predicted molar refractivity (Wildman–Crippen MR) is 115 cm³/mol. The molecule has 0 radical (unpaired) electrons. The highest BCUT2D eigenvalue weighted by Crippen LogP contribution is 2.27. The van der Waals surface area contributed by atoms with Crippen molar-refractivity contribution in [2.45, 2.75) is 32.1 Å². The first-order valence-corrected chi connectivity index (χ1v) is 11.3. The van der Waals surface area contributed by atoms with E-state index in [0.717, 1.165) is 5.69 Å². The topological polar surface area (TPSA) is 99.7 Å². The van der Waals surface area contributed by atoms with Crippen molar-refractivity contribution in [3.8, 4) is 0 Å². The normalized spacial score (nSPS) is 16.9. The van der Waals surface area contributed by atoms with Gasteiger partial charge in [0.15, 0.2) is 0 Å². The van der Waals surface area contributed by atoms with Gasteiger partial charge in [0.05, 0.1) is 10.8 Å². The summed E-state index contributed by atoms with van der Waals surface area (Å²) in [4.78, 5) is 31.0. The van der Waals surface area contributed by atoms with Crippen molar-refractivity contribution in [2.75, 3.05) is 29.9 Å². The summed E-state index contributed by atoms with van der Waals surface area (Å²) in [5, 5.41) is 2.76. The van der Waals surface area contributed by atoms with E-state index in [1.54, 1.807) is 38.1 Å². The van der Waals surface area contributed by atoms with Crippen LogP contribution in [0.1, 0.15) is 26.0 Å². The largest absolute Gasteiger partial charge is 0.312 e. The number of amides is 2. The van der Waals surface area contributed by atoms with Gasteiger partial charge in [0.2, 0.25) is 21.8 Å². The van der Waals surface area contributed by atoms with Crippen molar-refractivity contribution in [3.63, 3.8) is 0 Å². The summed E-state index contributed by atoms with van der Waals surface area (Å²) >= 11 is 0. The number of anilines is 2. The van der Waals surface area contributed by atoms with E-state index >= 15 is 0 Å². The SMILES string of the molecule is CCN(CC)S(=O)(=O)c1ccc(N2C[C@H](C(=O)Nc3cccc(C)n3)CC2=O)cc1. The molecule has 1 saturated heterocycles. The number of nitrogens with zero attached hydrogens (tertiary/aromatic N) is 3. The number of hydrogen-bond acceptors (Lipinski definition) is 5. The minimum absolute atomic E-state index is 0.0944. The van der Waals surface area contributed by atoms with E-state index in [9.17, 15) is 18.0 Å². The number of aryl methyl sites for hydroxylation is 1. The number of nitrogens with one attached hydrogen (secondary N) is 1. The molecule has 1 aliphatic rings. The second kappa shape index (κ2) is 8.93. The molecule has 30 heavy (non-hydrogen) atoms. The number of sulfonamides is 1. The maximum atomic E-state index is 12.6. The van der Waals surface area contributed by atoms with E-state index in [0.29, 0.717) is 24.6 Å². The number of pyridine rings is 1. The van der Waals surface area contributed by atoms with Gasteiger partial charge in [-0.1, -0.05) is 19.9 Å². The van der Waals surface area contributed by atoms with Gasteiger partial charge in [-0.2, -0.15) is 4.31 Å². The van der Waals surface area contributed by atoms with Crippen LogP contribution in [0.3, 0.4) is 0 Å². The van der Waals surface area contributed by atoms with Gasteiger partial charge in [0.1, 0.15) is 5.82 Å². The molecule has 0 spiro atoms. The molecule has 1 aliphatic heterocycles. The number of carbonyl (C=O) groups excluding carboxylic acids is 2. The first-order valence-electron chi connectivity index (χ1n) is 9.91. The Balaban J connectivity index is 1.71. The van der Waals surface area contributed by atoms with E-state index in [4.69, 9.17) is 0 Å². The Kier molecular flexibility index (Phi) is 6.52.